The van der Waals surface area contributed by atoms with Gasteiger partial charge in [-0.15, -0.1) is 0 Å². The largest absolute Gasteiger partial charge is 0.494 e. The van der Waals surface area contributed by atoms with Crippen LogP contribution in [0.3, 0.4) is 0 Å². The predicted octanol–water partition coefficient (Wildman–Crippen LogP) is 2.71. The summed E-state index contributed by atoms with van der Waals surface area (Å²) in [5, 5.41) is 19.9. The van der Waals surface area contributed by atoms with Crippen molar-refractivity contribution in [3.63, 3.8) is 0 Å². The monoisotopic (exact) mass is 311 g/mol. The number of aromatic amines is 1. The SMILES string of the molecule is CCOc1ccc(NC(=O)c2cccc3cn[nH]c23)cc1CO. The van der Waals surface area contributed by atoms with E-state index in [4.69, 9.17) is 4.74 Å². The van der Waals surface area contributed by atoms with E-state index in [1.54, 1.807) is 30.5 Å². The summed E-state index contributed by atoms with van der Waals surface area (Å²) < 4.78 is 5.43. The molecule has 0 unspecified atom stereocenters. The number of hydrogen-bond donors (Lipinski definition) is 3. The van der Waals surface area contributed by atoms with Crippen LogP contribution in [0.25, 0.3) is 10.9 Å². The van der Waals surface area contributed by atoms with Gasteiger partial charge < -0.3 is 15.2 Å². The fourth-order valence-electron chi connectivity index (χ4n) is 2.43. The van der Waals surface area contributed by atoms with Crippen LogP contribution < -0.4 is 10.1 Å². The molecule has 0 atom stereocenters. The number of aliphatic hydroxyl groups is 1. The van der Waals surface area contributed by atoms with Crippen molar-refractivity contribution < 1.29 is 14.6 Å². The van der Waals surface area contributed by atoms with E-state index in [2.05, 4.69) is 15.5 Å². The second-order valence-corrected chi connectivity index (χ2v) is 5.01. The van der Waals surface area contributed by atoms with Gasteiger partial charge in [-0.3, -0.25) is 9.89 Å². The number of nitrogens with zero attached hydrogens (tertiary/aromatic N) is 1. The number of rotatable bonds is 5. The number of anilines is 1. The van der Waals surface area contributed by atoms with Crippen LogP contribution in [0.15, 0.2) is 42.6 Å². The number of aromatic nitrogens is 2. The molecule has 118 valence electrons. The standard InChI is InChI=1S/C17H17N3O3/c1-2-23-15-7-6-13(8-12(15)10-21)19-17(22)14-5-3-4-11-9-18-20-16(11)14/h3-9,21H,2,10H2,1H3,(H,18,20)(H,19,22). The van der Waals surface area contributed by atoms with Gasteiger partial charge >= 0.3 is 0 Å². The molecule has 0 saturated heterocycles. The van der Waals surface area contributed by atoms with Crippen LogP contribution in [-0.2, 0) is 6.61 Å². The van der Waals surface area contributed by atoms with Gasteiger partial charge in [0.15, 0.2) is 0 Å². The first-order valence-corrected chi connectivity index (χ1v) is 7.33. The first-order chi connectivity index (χ1) is 11.2. The number of benzene rings is 2. The molecule has 3 aromatic rings. The lowest BCUT2D eigenvalue weighted by atomic mass is 10.1. The Bertz CT molecular complexity index is 842. The summed E-state index contributed by atoms with van der Waals surface area (Å²) in [6.07, 6.45) is 1.67. The summed E-state index contributed by atoms with van der Waals surface area (Å²) >= 11 is 0. The van der Waals surface area contributed by atoms with E-state index in [1.165, 1.54) is 0 Å². The third-order valence-electron chi connectivity index (χ3n) is 3.51. The molecule has 0 aliphatic carbocycles. The van der Waals surface area contributed by atoms with Crippen molar-refractivity contribution in [2.45, 2.75) is 13.5 Å². The Labute approximate surface area is 133 Å². The molecule has 3 N–H and O–H groups in total. The summed E-state index contributed by atoms with van der Waals surface area (Å²) in [6.45, 7) is 2.23. The normalized spacial score (nSPS) is 10.7. The minimum absolute atomic E-state index is 0.158. The minimum atomic E-state index is -0.243. The Hall–Kier alpha value is -2.86. The van der Waals surface area contributed by atoms with Gasteiger partial charge in [0.25, 0.3) is 5.91 Å². The highest BCUT2D eigenvalue weighted by Crippen LogP contribution is 2.24. The highest BCUT2D eigenvalue weighted by Gasteiger charge is 2.12. The third kappa shape index (κ3) is 3.02. The topological polar surface area (TPSA) is 87.2 Å². The number of H-pyrrole nitrogens is 1. The summed E-state index contributed by atoms with van der Waals surface area (Å²) in [5.41, 5.74) is 2.43. The molecule has 1 amide bonds. The number of hydrogen-bond acceptors (Lipinski definition) is 4. The summed E-state index contributed by atoms with van der Waals surface area (Å²) in [5.74, 6) is 0.372. The zero-order valence-electron chi connectivity index (χ0n) is 12.7. The molecule has 0 fully saturated rings. The van der Waals surface area contributed by atoms with Gasteiger partial charge in [0.2, 0.25) is 0 Å². The number of para-hydroxylation sites is 1. The molecule has 3 rings (SSSR count). The molecule has 0 radical (unpaired) electrons. The van der Waals surface area contributed by atoms with Crippen LogP contribution in [0.5, 0.6) is 5.75 Å². The van der Waals surface area contributed by atoms with E-state index in [1.807, 2.05) is 19.1 Å². The number of carbonyl (C=O) groups excluding carboxylic acids is 1. The highest BCUT2D eigenvalue weighted by atomic mass is 16.5. The van der Waals surface area contributed by atoms with Crippen molar-refractivity contribution in [2.24, 2.45) is 0 Å². The molecule has 1 heterocycles. The highest BCUT2D eigenvalue weighted by molar-refractivity contribution is 6.11. The number of carbonyl (C=O) groups is 1. The Morgan fingerprint density at radius 1 is 1.35 bits per heavy atom. The quantitative estimate of drug-likeness (QED) is 0.676. The van der Waals surface area contributed by atoms with Crippen LogP contribution in [-0.4, -0.2) is 27.8 Å². The molecule has 0 spiro atoms. The van der Waals surface area contributed by atoms with Gasteiger partial charge in [-0.1, -0.05) is 12.1 Å². The van der Waals surface area contributed by atoms with E-state index < -0.39 is 0 Å². The molecular weight excluding hydrogens is 294 g/mol. The van der Waals surface area contributed by atoms with E-state index >= 15 is 0 Å². The molecule has 23 heavy (non-hydrogen) atoms. The van der Waals surface area contributed by atoms with Crippen molar-refractivity contribution >= 4 is 22.5 Å². The molecule has 0 aliphatic heterocycles. The van der Waals surface area contributed by atoms with Crippen LogP contribution in [0.1, 0.15) is 22.8 Å². The van der Waals surface area contributed by atoms with Crippen molar-refractivity contribution in [3.8, 4) is 5.75 Å². The van der Waals surface area contributed by atoms with Gasteiger partial charge in [-0.25, -0.2) is 0 Å². The fraction of sp³-hybridized carbons (Fsp3) is 0.176. The fourth-order valence-corrected chi connectivity index (χ4v) is 2.43. The smallest absolute Gasteiger partial charge is 0.257 e. The van der Waals surface area contributed by atoms with Gasteiger partial charge in [0.1, 0.15) is 5.75 Å². The lowest BCUT2D eigenvalue weighted by Crippen LogP contribution is -2.13. The first kappa shape index (κ1) is 15.1. The number of ether oxygens (including phenoxy) is 1. The molecule has 6 nitrogen and oxygen atoms in total. The molecular formula is C17H17N3O3. The maximum atomic E-state index is 12.5. The Kier molecular flexibility index (Phi) is 4.25. The van der Waals surface area contributed by atoms with Gasteiger partial charge in [-0.2, -0.15) is 5.10 Å². The average Bonchev–Trinajstić information content (AvgIpc) is 3.04. The maximum absolute atomic E-state index is 12.5. The zero-order chi connectivity index (χ0) is 16.2. The number of fused-ring (bicyclic) bond motifs is 1. The molecule has 0 aliphatic rings. The van der Waals surface area contributed by atoms with E-state index in [-0.39, 0.29) is 12.5 Å². The molecule has 1 aromatic heterocycles. The summed E-state index contributed by atoms with van der Waals surface area (Å²) in [6, 6.07) is 10.6. The second-order valence-electron chi connectivity index (χ2n) is 5.01. The lowest BCUT2D eigenvalue weighted by Gasteiger charge is -2.11. The van der Waals surface area contributed by atoms with Gasteiger partial charge in [0, 0.05) is 16.6 Å². The number of nitrogens with one attached hydrogen (secondary N) is 2. The van der Waals surface area contributed by atoms with Crippen LogP contribution >= 0.6 is 0 Å². The Morgan fingerprint density at radius 3 is 3.00 bits per heavy atom. The number of amides is 1. The van der Waals surface area contributed by atoms with Gasteiger partial charge in [0.05, 0.1) is 30.5 Å². The van der Waals surface area contributed by atoms with Crippen LogP contribution in [0.2, 0.25) is 0 Å². The van der Waals surface area contributed by atoms with Crippen molar-refractivity contribution in [3.05, 3.63) is 53.7 Å². The number of aliphatic hydroxyl groups excluding tert-OH is 1. The van der Waals surface area contributed by atoms with Crippen LogP contribution in [0, 0.1) is 0 Å². The van der Waals surface area contributed by atoms with Crippen molar-refractivity contribution in [2.75, 3.05) is 11.9 Å². The molecule has 0 saturated carbocycles. The van der Waals surface area contributed by atoms with E-state index in [0.29, 0.717) is 34.7 Å². The summed E-state index contributed by atoms with van der Waals surface area (Å²) in [7, 11) is 0. The third-order valence-corrected chi connectivity index (χ3v) is 3.51. The molecule has 0 bridgehead atoms. The Balaban J connectivity index is 1.87. The summed E-state index contributed by atoms with van der Waals surface area (Å²) in [4.78, 5) is 12.5. The van der Waals surface area contributed by atoms with Crippen molar-refractivity contribution in [1.82, 2.24) is 10.2 Å². The minimum Gasteiger partial charge on any atom is -0.494 e. The Morgan fingerprint density at radius 2 is 2.22 bits per heavy atom. The van der Waals surface area contributed by atoms with Gasteiger partial charge in [-0.05, 0) is 31.2 Å². The van der Waals surface area contributed by atoms with Crippen molar-refractivity contribution in [1.29, 1.82) is 0 Å². The molecule has 6 heteroatoms. The van der Waals surface area contributed by atoms with E-state index in [0.717, 1.165) is 5.39 Å². The second kappa shape index (κ2) is 6.50. The van der Waals surface area contributed by atoms with Crippen LogP contribution in [0.4, 0.5) is 5.69 Å². The maximum Gasteiger partial charge on any atom is 0.257 e. The average molecular weight is 311 g/mol. The van der Waals surface area contributed by atoms with E-state index in [9.17, 15) is 9.90 Å². The predicted molar refractivity (Wildman–Crippen MR) is 87.6 cm³/mol. The first-order valence-electron chi connectivity index (χ1n) is 7.33. The zero-order valence-corrected chi connectivity index (χ0v) is 12.7. The molecule has 2 aromatic carbocycles. The lowest BCUT2D eigenvalue weighted by molar-refractivity contribution is 0.102.